The molecule has 1 fully saturated rings. The number of piperidine rings is 1. The molecular formula is C16H22ClNO4S. The molecule has 128 valence electrons. The van der Waals surface area contributed by atoms with Crippen LogP contribution in [-0.2, 0) is 16.4 Å². The van der Waals surface area contributed by atoms with Gasteiger partial charge in [-0.15, -0.1) is 0 Å². The van der Waals surface area contributed by atoms with Crippen LogP contribution >= 0.6 is 11.6 Å². The predicted molar refractivity (Wildman–Crippen MR) is 88.4 cm³/mol. The van der Waals surface area contributed by atoms with Gasteiger partial charge in [-0.25, -0.2) is 8.42 Å². The Labute approximate surface area is 142 Å². The zero-order chi connectivity index (χ0) is 16.8. The van der Waals surface area contributed by atoms with E-state index in [2.05, 4.69) is 0 Å². The van der Waals surface area contributed by atoms with Crippen molar-refractivity contribution in [3.05, 3.63) is 22.7 Å². The average Bonchev–Trinajstić information content (AvgIpc) is 2.88. The summed E-state index contributed by atoms with van der Waals surface area (Å²) in [5, 5.41) is 9.96. The number of hydrogen-bond acceptors (Lipinski definition) is 4. The number of benzene rings is 1. The quantitative estimate of drug-likeness (QED) is 0.900. The first kappa shape index (κ1) is 17.0. The standard InChI is InChI=1S/C16H22ClNO4S/c1-10-4-3-5-18(15(10)9-19)23(20,21)13-7-12-6-11(2)22-16(12)14(17)8-13/h7-8,10-11,15,19H,3-6,9H2,1-2H3. The van der Waals surface area contributed by atoms with Gasteiger partial charge < -0.3 is 9.84 Å². The summed E-state index contributed by atoms with van der Waals surface area (Å²) >= 11 is 6.23. The van der Waals surface area contributed by atoms with Gasteiger partial charge in [0, 0.05) is 18.5 Å². The van der Waals surface area contributed by atoms with E-state index >= 15 is 0 Å². The highest BCUT2D eigenvalue weighted by Crippen LogP contribution is 2.39. The van der Waals surface area contributed by atoms with Crippen molar-refractivity contribution >= 4 is 21.6 Å². The van der Waals surface area contributed by atoms with Crippen molar-refractivity contribution in [2.24, 2.45) is 5.92 Å². The average molecular weight is 360 g/mol. The van der Waals surface area contributed by atoms with Crippen LogP contribution in [0.25, 0.3) is 0 Å². The van der Waals surface area contributed by atoms with Crippen molar-refractivity contribution in [1.29, 1.82) is 0 Å². The van der Waals surface area contributed by atoms with Crippen molar-refractivity contribution in [3.8, 4) is 5.75 Å². The van der Waals surface area contributed by atoms with Crippen LogP contribution in [0.3, 0.4) is 0 Å². The molecule has 1 aromatic rings. The molecule has 2 heterocycles. The lowest BCUT2D eigenvalue weighted by molar-refractivity contribution is 0.113. The lowest BCUT2D eigenvalue weighted by Crippen LogP contribution is -2.49. The normalized spacial score (nSPS) is 28.4. The van der Waals surface area contributed by atoms with Crippen LogP contribution in [-0.4, -0.2) is 43.1 Å². The van der Waals surface area contributed by atoms with Crippen molar-refractivity contribution in [3.63, 3.8) is 0 Å². The highest BCUT2D eigenvalue weighted by atomic mass is 35.5. The van der Waals surface area contributed by atoms with Gasteiger partial charge in [-0.2, -0.15) is 4.31 Å². The number of nitrogens with zero attached hydrogens (tertiary/aromatic N) is 1. The number of halogens is 1. The van der Waals surface area contributed by atoms with Gasteiger partial charge in [0.15, 0.2) is 0 Å². The molecule has 2 aliphatic rings. The molecule has 0 radical (unpaired) electrons. The molecule has 0 amide bonds. The molecule has 0 aliphatic carbocycles. The molecular weight excluding hydrogens is 338 g/mol. The topological polar surface area (TPSA) is 66.8 Å². The third-order valence-electron chi connectivity index (χ3n) is 4.78. The fraction of sp³-hybridized carbons (Fsp3) is 0.625. The number of rotatable bonds is 3. The van der Waals surface area contributed by atoms with E-state index in [-0.39, 0.29) is 29.6 Å². The smallest absolute Gasteiger partial charge is 0.243 e. The Kier molecular flexibility index (Phi) is 4.62. The molecule has 1 saturated heterocycles. The van der Waals surface area contributed by atoms with E-state index in [9.17, 15) is 13.5 Å². The van der Waals surface area contributed by atoms with Crippen molar-refractivity contribution in [2.75, 3.05) is 13.2 Å². The van der Waals surface area contributed by atoms with E-state index in [1.165, 1.54) is 10.4 Å². The fourth-order valence-electron chi connectivity index (χ4n) is 3.52. The van der Waals surface area contributed by atoms with Crippen LogP contribution in [0.2, 0.25) is 5.02 Å². The third kappa shape index (κ3) is 2.97. The molecule has 2 aliphatic heterocycles. The predicted octanol–water partition coefficient (Wildman–Crippen LogP) is 2.44. The SMILES string of the molecule is CC1Cc2cc(S(=O)(=O)N3CCCC(C)C3CO)cc(Cl)c2O1. The molecule has 0 aromatic heterocycles. The summed E-state index contributed by atoms with van der Waals surface area (Å²) in [6.07, 6.45) is 2.38. The van der Waals surface area contributed by atoms with Crippen LogP contribution in [0.15, 0.2) is 17.0 Å². The molecule has 1 aromatic carbocycles. The highest BCUT2D eigenvalue weighted by molar-refractivity contribution is 7.89. The zero-order valence-corrected chi connectivity index (χ0v) is 14.9. The molecule has 3 atom stereocenters. The molecule has 3 rings (SSSR count). The molecule has 0 bridgehead atoms. The van der Waals surface area contributed by atoms with E-state index in [0.29, 0.717) is 23.7 Å². The van der Waals surface area contributed by atoms with Gasteiger partial charge in [0.2, 0.25) is 10.0 Å². The molecule has 3 unspecified atom stereocenters. The fourth-order valence-corrected chi connectivity index (χ4v) is 5.70. The van der Waals surface area contributed by atoms with Crippen LogP contribution in [0.4, 0.5) is 0 Å². The van der Waals surface area contributed by atoms with Crippen molar-refractivity contribution < 1.29 is 18.3 Å². The Balaban J connectivity index is 2.00. The van der Waals surface area contributed by atoms with Gasteiger partial charge in [-0.05, 0) is 37.8 Å². The van der Waals surface area contributed by atoms with E-state index in [1.54, 1.807) is 6.07 Å². The second-order valence-corrected chi connectivity index (χ2v) is 8.81. The first-order valence-corrected chi connectivity index (χ1v) is 9.78. The number of fused-ring (bicyclic) bond motifs is 1. The molecule has 7 heteroatoms. The van der Waals surface area contributed by atoms with Crippen LogP contribution in [0.1, 0.15) is 32.3 Å². The Morgan fingerprint density at radius 1 is 1.39 bits per heavy atom. The number of ether oxygens (including phenoxy) is 1. The zero-order valence-electron chi connectivity index (χ0n) is 13.3. The van der Waals surface area contributed by atoms with Crippen LogP contribution in [0, 0.1) is 5.92 Å². The maximum absolute atomic E-state index is 13.1. The van der Waals surface area contributed by atoms with Crippen molar-refractivity contribution in [2.45, 2.75) is 50.2 Å². The largest absolute Gasteiger partial charge is 0.489 e. The minimum absolute atomic E-state index is 0.000605. The molecule has 1 N–H and O–H groups in total. The van der Waals surface area contributed by atoms with Gasteiger partial charge in [0.1, 0.15) is 11.9 Å². The summed E-state index contributed by atoms with van der Waals surface area (Å²) in [6, 6.07) is 2.74. The molecule has 0 spiro atoms. The van der Waals surface area contributed by atoms with Crippen LogP contribution < -0.4 is 4.74 Å². The van der Waals surface area contributed by atoms with E-state index < -0.39 is 10.0 Å². The van der Waals surface area contributed by atoms with E-state index in [4.69, 9.17) is 16.3 Å². The summed E-state index contributed by atoms with van der Waals surface area (Å²) in [5.41, 5.74) is 0.828. The van der Waals surface area contributed by atoms with Crippen molar-refractivity contribution in [1.82, 2.24) is 4.31 Å². The Hall–Kier alpha value is -0.820. The maximum Gasteiger partial charge on any atom is 0.243 e. The lowest BCUT2D eigenvalue weighted by atomic mass is 9.93. The number of hydrogen-bond donors (Lipinski definition) is 1. The van der Waals surface area contributed by atoms with E-state index in [0.717, 1.165) is 18.4 Å². The number of aliphatic hydroxyl groups excluding tert-OH is 1. The number of aliphatic hydroxyl groups is 1. The Morgan fingerprint density at radius 2 is 2.13 bits per heavy atom. The highest BCUT2D eigenvalue weighted by Gasteiger charge is 2.38. The van der Waals surface area contributed by atoms with Gasteiger partial charge >= 0.3 is 0 Å². The third-order valence-corrected chi connectivity index (χ3v) is 6.96. The maximum atomic E-state index is 13.1. The summed E-state index contributed by atoms with van der Waals surface area (Å²) in [5.74, 6) is 0.723. The minimum Gasteiger partial charge on any atom is -0.489 e. The first-order chi connectivity index (χ1) is 10.8. The minimum atomic E-state index is -3.68. The second-order valence-electron chi connectivity index (χ2n) is 6.51. The number of sulfonamides is 1. The first-order valence-electron chi connectivity index (χ1n) is 7.96. The van der Waals surface area contributed by atoms with Crippen LogP contribution in [0.5, 0.6) is 5.75 Å². The molecule has 0 saturated carbocycles. The summed E-state index contributed by atoms with van der Waals surface area (Å²) < 4.78 is 33.2. The van der Waals surface area contributed by atoms with E-state index in [1.807, 2.05) is 13.8 Å². The lowest BCUT2D eigenvalue weighted by Gasteiger charge is -2.37. The van der Waals surface area contributed by atoms with Gasteiger partial charge in [-0.1, -0.05) is 18.5 Å². The Bertz CT molecular complexity index is 706. The monoisotopic (exact) mass is 359 g/mol. The summed E-state index contributed by atoms with van der Waals surface area (Å²) in [7, 11) is -3.68. The van der Waals surface area contributed by atoms with Gasteiger partial charge in [0.25, 0.3) is 0 Å². The molecule has 23 heavy (non-hydrogen) atoms. The second kappa shape index (κ2) is 6.24. The van der Waals surface area contributed by atoms with Gasteiger partial charge in [-0.3, -0.25) is 0 Å². The Morgan fingerprint density at radius 3 is 2.83 bits per heavy atom. The summed E-state index contributed by atoms with van der Waals surface area (Å²) in [4.78, 5) is 0.187. The van der Waals surface area contributed by atoms with Gasteiger partial charge in [0.05, 0.1) is 22.6 Å². The molecule has 5 nitrogen and oxygen atoms in total. The summed E-state index contributed by atoms with van der Waals surface area (Å²) in [6.45, 7) is 4.17.